The van der Waals surface area contributed by atoms with Gasteiger partial charge in [-0.25, -0.2) is 8.78 Å². The van der Waals surface area contributed by atoms with Crippen LogP contribution in [0.1, 0.15) is 25.7 Å². The highest BCUT2D eigenvalue weighted by Gasteiger charge is 2.41. The van der Waals surface area contributed by atoms with Crippen LogP contribution in [-0.4, -0.2) is 47.2 Å². The molecule has 0 bridgehead atoms. The van der Waals surface area contributed by atoms with Crippen LogP contribution in [0.2, 0.25) is 0 Å². The zero-order valence-corrected chi connectivity index (χ0v) is 10.2. The van der Waals surface area contributed by atoms with E-state index in [9.17, 15) is 27.5 Å². The number of hydrogen-bond donors (Lipinski definition) is 3. The number of aliphatic carboxylic acids is 1. The minimum Gasteiger partial charge on any atom is -0.481 e. The molecule has 8 heteroatoms. The van der Waals surface area contributed by atoms with Gasteiger partial charge in [0.1, 0.15) is 0 Å². The van der Waals surface area contributed by atoms with Crippen LogP contribution in [0.3, 0.4) is 0 Å². The summed E-state index contributed by atoms with van der Waals surface area (Å²) in [4.78, 5) is 10.7. The second-order valence-corrected chi connectivity index (χ2v) is 5.00. The van der Waals surface area contributed by atoms with Crippen LogP contribution >= 0.6 is 0 Å². The van der Waals surface area contributed by atoms with Crippen LogP contribution in [0.25, 0.3) is 0 Å². The summed E-state index contributed by atoms with van der Waals surface area (Å²) < 4.78 is 49.0. The maximum absolute atomic E-state index is 12.6. The summed E-state index contributed by atoms with van der Waals surface area (Å²) in [6.07, 6.45) is -2.95. The topological polar surface area (TPSA) is 69.6 Å². The van der Waals surface area contributed by atoms with Crippen molar-refractivity contribution < 1.29 is 32.6 Å². The van der Waals surface area contributed by atoms with Crippen molar-refractivity contribution in [2.45, 2.75) is 43.6 Å². The van der Waals surface area contributed by atoms with Crippen molar-refractivity contribution >= 4 is 5.97 Å². The highest BCUT2D eigenvalue weighted by molar-refractivity contribution is 5.70. The third-order valence-electron chi connectivity index (χ3n) is 3.40. The second-order valence-electron chi connectivity index (χ2n) is 5.00. The number of alkyl halides is 4. The van der Waals surface area contributed by atoms with Gasteiger partial charge in [-0.05, 0) is 25.7 Å². The Morgan fingerprint density at radius 1 is 1.37 bits per heavy atom. The molecule has 19 heavy (non-hydrogen) atoms. The van der Waals surface area contributed by atoms with E-state index in [0.717, 1.165) is 0 Å². The maximum atomic E-state index is 12.6. The van der Waals surface area contributed by atoms with Gasteiger partial charge in [0, 0.05) is 6.54 Å². The first-order valence-electron chi connectivity index (χ1n) is 5.98. The van der Waals surface area contributed by atoms with Crippen LogP contribution < -0.4 is 5.32 Å². The van der Waals surface area contributed by atoms with Crippen LogP contribution in [0.4, 0.5) is 17.6 Å². The van der Waals surface area contributed by atoms with Crippen LogP contribution in [0, 0.1) is 5.92 Å². The number of rotatable bonds is 6. The van der Waals surface area contributed by atoms with Crippen LogP contribution in [-0.2, 0) is 4.79 Å². The summed E-state index contributed by atoms with van der Waals surface area (Å²) >= 11 is 0. The lowest BCUT2D eigenvalue weighted by atomic mass is 9.79. The van der Waals surface area contributed by atoms with Gasteiger partial charge >= 0.3 is 18.3 Å². The molecule has 0 aliphatic heterocycles. The van der Waals surface area contributed by atoms with E-state index in [1.807, 2.05) is 0 Å². The molecule has 3 N–H and O–H groups in total. The van der Waals surface area contributed by atoms with E-state index in [2.05, 4.69) is 5.32 Å². The van der Waals surface area contributed by atoms with E-state index in [0.29, 0.717) is 0 Å². The molecule has 0 amide bonds. The highest BCUT2D eigenvalue weighted by Crippen LogP contribution is 2.32. The van der Waals surface area contributed by atoms with E-state index < -0.39 is 36.4 Å². The van der Waals surface area contributed by atoms with Crippen molar-refractivity contribution in [2.24, 2.45) is 5.92 Å². The average molecular weight is 287 g/mol. The molecule has 0 unspecified atom stereocenters. The molecular weight excluding hydrogens is 270 g/mol. The Kier molecular flexibility index (Phi) is 5.14. The Hall–Kier alpha value is -0.890. The second kappa shape index (κ2) is 6.04. The fourth-order valence-electron chi connectivity index (χ4n) is 2.12. The van der Waals surface area contributed by atoms with Crippen LogP contribution in [0.5, 0.6) is 0 Å². The summed E-state index contributed by atoms with van der Waals surface area (Å²) in [6.45, 7) is -1.46. The third kappa shape index (κ3) is 4.61. The molecule has 0 heterocycles. The molecule has 0 aromatic carbocycles. The first-order valence-corrected chi connectivity index (χ1v) is 5.98. The standard InChI is InChI=1S/C11H17F4NO3/c12-9(13)11(14,15)6-16-5-10(19)3-1-7(2-4-10)8(17)18/h7,9,16,19H,1-6H2,(H,17,18). The van der Waals surface area contributed by atoms with Crippen LogP contribution in [0.15, 0.2) is 0 Å². The molecule has 0 saturated heterocycles. The normalized spacial score (nSPS) is 28.6. The third-order valence-corrected chi connectivity index (χ3v) is 3.40. The van der Waals surface area contributed by atoms with Crippen molar-refractivity contribution in [3.63, 3.8) is 0 Å². The lowest BCUT2D eigenvalue weighted by molar-refractivity contribution is -0.145. The number of carboxylic acid groups (broad SMARTS) is 1. The summed E-state index contributed by atoms with van der Waals surface area (Å²) in [7, 11) is 0. The minimum atomic E-state index is -4.13. The first-order chi connectivity index (χ1) is 8.66. The molecular formula is C11H17F4NO3. The van der Waals surface area contributed by atoms with Crippen molar-refractivity contribution in [2.75, 3.05) is 13.1 Å². The zero-order chi connectivity index (χ0) is 14.7. The Balaban J connectivity index is 2.36. The monoisotopic (exact) mass is 287 g/mol. The number of carboxylic acids is 1. The van der Waals surface area contributed by atoms with E-state index >= 15 is 0 Å². The van der Waals surface area contributed by atoms with E-state index in [4.69, 9.17) is 5.11 Å². The lowest BCUT2D eigenvalue weighted by Crippen LogP contribution is -2.48. The zero-order valence-electron chi connectivity index (χ0n) is 10.2. The van der Waals surface area contributed by atoms with E-state index in [-0.39, 0.29) is 32.2 Å². The van der Waals surface area contributed by atoms with Gasteiger partial charge in [-0.3, -0.25) is 4.79 Å². The number of halogens is 4. The number of hydrogen-bond acceptors (Lipinski definition) is 3. The van der Waals surface area contributed by atoms with Gasteiger partial charge in [-0.15, -0.1) is 0 Å². The predicted molar refractivity (Wildman–Crippen MR) is 58.4 cm³/mol. The average Bonchev–Trinajstić information content (AvgIpc) is 2.28. The van der Waals surface area contributed by atoms with E-state index in [1.54, 1.807) is 0 Å². The van der Waals surface area contributed by atoms with Crippen molar-refractivity contribution in [3.8, 4) is 0 Å². The van der Waals surface area contributed by atoms with Crippen molar-refractivity contribution in [1.82, 2.24) is 5.32 Å². The quantitative estimate of drug-likeness (QED) is 0.647. The Bertz CT molecular complexity index is 317. The fourth-order valence-corrected chi connectivity index (χ4v) is 2.12. The molecule has 1 fully saturated rings. The van der Waals surface area contributed by atoms with Gasteiger partial charge in [0.2, 0.25) is 0 Å². The summed E-state index contributed by atoms with van der Waals surface area (Å²) in [5.41, 5.74) is -1.30. The summed E-state index contributed by atoms with van der Waals surface area (Å²) in [5.74, 6) is -5.61. The Morgan fingerprint density at radius 2 is 1.89 bits per heavy atom. The number of nitrogens with one attached hydrogen (secondary N) is 1. The molecule has 1 aliphatic carbocycles. The molecule has 1 rings (SSSR count). The summed E-state index contributed by atoms with van der Waals surface area (Å²) in [6, 6.07) is 0. The van der Waals surface area contributed by atoms with Gasteiger partial charge in [0.25, 0.3) is 0 Å². The summed E-state index contributed by atoms with van der Waals surface area (Å²) in [5, 5.41) is 20.9. The van der Waals surface area contributed by atoms with Gasteiger partial charge in [-0.2, -0.15) is 8.78 Å². The molecule has 0 aromatic heterocycles. The lowest BCUT2D eigenvalue weighted by Gasteiger charge is -2.35. The molecule has 0 spiro atoms. The molecule has 4 nitrogen and oxygen atoms in total. The molecule has 0 atom stereocenters. The highest BCUT2D eigenvalue weighted by atomic mass is 19.3. The van der Waals surface area contributed by atoms with Crippen molar-refractivity contribution in [3.05, 3.63) is 0 Å². The minimum absolute atomic E-state index is 0.150. The van der Waals surface area contributed by atoms with Gasteiger partial charge in [0.05, 0.1) is 18.1 Å². The number of aliphatic hydroxyl groups is 1. The van der Waals surface area contributed by atoms with Crippen molar-refractivity contribution in [1.29, 1.82) is 0 Å². The van der Waals surface area contributed by atoms with Gasteiger partial charge in [-0.1, -0.05) is 0 Å². The number of carbonyl (C=O) groups is 1. The van der Waals surface area contributed by atoms with Gasteiger partial charge < -0.3 is 15.5 Å². The predicted octanol–water partition coefficient (Wildman–Crippen LogP) is 1.48. The van der Waals surface area contributed by atoms with Gasteiger partial charge in [0.15, 0.2) is 0 Å². The molecule has 112 valence electrons. The fraction of sp³-hybridized carbons (Fsp3) is 0.909. The first kappa shape index (κ1) is 16.2. The maximum Gasteiger partial charge on any atom is 0.319 e. The van der Waals surface area contributed by atoms with E-state index in [1.165, 1.54) is 0 Å². The molecule has 1 aliphatic rings. The Morgan fingerprint density at radius 3 is 2.32 bits per heavy atom. The smallest absolute Gasteiger partial charge is 0.319 e. The molecule has 0 radical (unpaired) electrons. The molecule has 1 saturated carbocycles. The molecule has 0 aromatic rings. The Labute approximate surface area is 107 Å². The SMILES string of the molecule is O=C(O)C1CCC(O)(CNCC(F)(F)C(F)F)CC1. The largest absolute Gasteiger partial charge is 0.481 e.